The molecule has 0 amide bonds. The minimum absolute atomic E-state index is 0.535. The standard InChI is InChI=1S/C23H38N6O/c24-23(25-8-1-9-27-14-16-30-17-15-27)26-18-20-4-6-22(7-5-20)29-12-10-28(11-13-29)19-21-2-3-21/h4-7,21H,1-3,8-19H2,(H3,24,25,26). The monoisotopic (exact) mass is 414 g/mol. The van der Waals surface area contributed by atoms with Crippen molar-refractivity contribution in [1.29, 1.82) is 0 Å². The van der Waals surface area contributed by atoms with E-state index in [-0.39, 0.29) is 0 Å². The second-order valence-electron chi connectivity index (χ2n) is 8.83. The number of rotatable bonds is 9. The van der Waals surface area contributed by atoms with E-state index in [1.165, 1.54) is 43.7 Å². The average Bonchev–Trinajstić information content (AvgIpc) is 3.61. The summed E-state index contributed by atoms with van der Waals surface area (Å²) >= 11 is 0. The van der Waals surface area contributed by atoms with E-state index in [1.807, 2.05) is 0 Å². The van der Waals surface area contributed by atoms with Crippen molar-refractivity contribution >= 4 is 11.6 Å². The van der Waals surface area contributed by atoms with Crippen molar-refractivity contribution in [3.63, 3.8) is 0 Å². The van der Waals surface area contributed by atoms with E-state index in [2.05, 4.69) is 49.3 Å². The molecule has 3 fully saturated rings. The molecule has 166 valence electrons. The zero-order valence-corrected chi connectivity index (χ0v) is 18.3. The molecule has 4 rings (SSSR count). The molecule has 0 unspecified atom stereocenters. The first-order valence-electron chi connectivity index (χ1n) is 11.7. The van der Waals surface area contributed by atoms with Crippen LogP contribution in [0.2, 0.25) is 0 Å². The zero-order valence-electron chi connectivity index (χ0n) is 18.3. The van der Waals surface area contributed by atoms with Crippen LogP contribution in [0.3, 0.4) is 0 Å². The van der Waals surface area contributed by atoms with E-state index in [0.717, 1.165) is 64.8 Å². The molecule has 7 nitrogen and oxygen atoms in total. The van der Waals surface area contributed by atoms with Gasteiger partial charge in [0.1, 0.15) is 0 Å². The lowest BCUT2D eigenvalue weighted by Gasteiger charge is -2.36. The van der Waals surface area contributed by atoms with Crippen molar-refractivity contribution in [2.45, 2.75) is 25.8 Å². The molecule has 2 saturated heterocycles. The molecule has 0 radical (unpaired) electrons. The Morgan fingerprint density at radius 3 is 2.43 bits per heavy atom. The highest BCUT2D eigenvalue weighted by Gasteiger charge is 2.26. The summed E-state index contributed by atoms with van der Waals surface area (Å²) in [5.41, 5.74) is 8.55. The molecule has 7 heteroatoms. The van der Waals surface area contributed by atoms with E-state index < -0.39 is 0 Å². The number of aliphatic imine (C=N–C) groups is 1. The van der Waals surface area contributed by atoms with Gasteiger partial charge in [0.05, 0.1) is 19.8 Å². The van der Waals surface area contributed by atoms with E-state index in [4.69, 9.17) is 10.5 Å². The molecule has 30 heavy (non-hydrogen) atoms. The summed E-state index contributed by atoms with van der Waals surface area (Å²) in [5, 5.41) is 3.23. The number of nitrogens with zero attached hydrogens (tertiary/aromatic N) is 4. The SMILES string of the molecule is NC(=NCc1ccc(N2CCN(CC3CC3)CC2)cc1)NCCCN1CCOCC1. The molecule has 1 aliphatic carbocycles. The molecule has 3 N–H and O–H groups in total. The lowest BCUT2D eigenvalue weighted by atomic mass is 10.1. The molecule has 1 aromatic rings. The number of piperazine rings is 1. The molecule has 1 saturated carbocycles. The number of anilines is 1. The van der Waals surface area contributed by atoms with Gasteiger partial charge in [-0.25, -0.2) is 4.99 Å². The molecular weight excluding hydrogens is 376 g/mol. The number of ether oxygens (including phenoxy) is 1. The van der Waals surface area contributed by atoms with Crippen molar-refractivity contribution in [2.75, 3.05) is 77.0 Å². The van der Waals surface area contributed by atoms with Gasteiger partial charge in [0.25, 0.3) is 0 Å². The highest BCUT2D eigenvalue weighted by molar-refractivity contribution is 5.77. The van der Waals surface area contributed by atoms with E-state index >= 15 is 0 Å². The summed E-state index contributed by atoms with van der Waals surface area (Å²) in [6.45, 7) is 12.3. The third kappa shape index (κ3) is 6.86. The molecule has 0 bridgehead atoms. The Labute approximate surface area is 181 Å². The Morgan fingerprint density at radius 1 is 1.00 bits per heavy atom. The summed E-state index contributed by atoms with van der Waals surface area (Å²) in [6, 6.07) is 8.82. The molecule has 2 aliphatic heterocycles. The predicted octanol–water partition coefficient (Wildman–Crippen LogP) is 1.35. The maximum absolute atomic E-state index is 6.03. The van der Waals surface area contributed by atoms with Crippen LogP contribution in [-0.4, -0.2) is 87.9 Å². The average molecular weight is 415 g/mol. The van der Waals surface area contributed by atoms with Crippen molar-refractivity contribution < 1.29 is 4.74 Å². The maximum Gasteiger partial charge on any atom is 0.188 e. The largest absolute Gasteiger partial charge is 0.379 e. The molecule has 3 aliphatic rings. The number of hydrogen-bond donors (Lipinski definition) is 2. The Hall–Kier alpha value is -1.83. The fourth-order valence-corrected chi connectivity index (χ4v) is 4.24. The summed E-state index contributed by atoms with van der Waals surface area (Å²) in [5.74, 6) is 1.52. The Bertz CT molecular complexity index is 661. The van der Waals surface area contributed by atoms with Crippen molar-refractivity contribution in [2.24, 2.45) is 16.6 Å². The van der Waals surface area contributed by atoms with Crippen LogP contribution in [0.4, 0.5) is 5.69 Å². The van der Waals surface area contributed by atoms with Crippen LogP contribution in [0.1, 0.15) is 24.8 Å². The number of guanidine groups is 1. The lowest BCUT2D eigenvalue weighted by Crippen LogP contribution is -2.47. The highest BCUT2D eigenvalue weighted by atomic mass is 16.5. The Morgan fingerprint density at radius 2 is 1.73 bits per heavy atom. The summed E-state index contributed by atoms with van der Waals surface area (Å²) < 4.78 is 5.38. The summed E-state index contributed by atoms with van der Waals surface area (Å²) in [7, 11) is 0. The minimum Gasteiger partial charge on any atom is -0.379 e. The molecule has 0 aromatic heterocycles. The van der Waals surface area contributed by atoms with Crippen molar-refractivity contribution in [1.82, 2.24) is 15.1 Å². The van der Waals surface area contributed by atoms with Crippen LogP contribution >= 0.6 is 0 Å². The topological polar surface area (TPSA) is 69.4 Å². The van der Waals surface area contributed by atoms with Gasteiger partial charge in [-0.05, 0) is 49.4 Å². The Balaban J connectivity index is 1.13. The van der Waals surface area contributed by atoms with E-state index in [0.29, 0.717) is 12.5 Å². The summed E-state index contributed by atoms with van der Waals surface area (Å²) in [4.78, 5) is 12.1. The second kappa shape index (κ2) is 11.0. The molecule has 1 aromatic carbocycles. The van der Waals surface area contributed by atoms with Crippen LogP contribution in [0.25, 0.3) is 0 Å². The van der Waals surface area contributed by atoms with Crippen LogP contribution < -0.4 is 16.0 Å². The first-order chi connectivity index (χ1) is 14.8. The van der Waals surface area contributed by atoms with Crippen LogP contribution in [0.5, 0.6) is 0 Å². The quantitative estimate of drug-likeness (QED) is 0.361. The van der Waals surface area contributed by atoms with E-state index in [1.54, 1.807) is 0 Å². The van der Waals surface area contributed by atoms with Gasteiger partial charge < -0.3 is 20.7 Å². The fraction of sp³-hybridized carbons (Fsp3) is 0.696. The first kappa shape index (κ1) is 21.4. The molecule has 2 heterocycles. The third-order valence-corrected chi connectivity index (χ3v) is 6.38. The molecule has 0 spiro atoms. The van der Waals surface area contributed by atoms with Crippen LogP contribution in [-0.2, 0) is 11.3 Å². The van der Waals surface area contributed by atoms with Gasteiger partial charge in [-0.2, -0.15) is 0 Å². The van der Waals surface area contributed by atoms with Gasteiger partial charge in [-0.3, -0.25) is 9.80 Å². The van der Waals surface area contributed by atoms with E-state index in [9.17, 15) is 0 Å². The van der Waals surface area contributed by atoms with Gasteiger partial charge in [-0.15, -0.1) is 0 Å². The normalized spacial score (nSPS) is 21.7. The van der Waals surface area contributed by atoms with Gasteiger partial charge in [-0.1, -0.05) is 12.1 Å². The third-order valence-electron chi connectivity index (χ3n) is 6.38. The number of benzene rings is 1. The lowest BCUT2D eigenvalue weighted by molar-refractivity contribution is 0.0376. The van der Waals surface area contributed by atoms with Gasteiger partial charge in [0.15, 0.2) is 5.96 Å². The highest BCUT2D eigenvalue weighted by Crippen LogP contribution is 2.30. The first-order valence-corrected chi connectivity index (χ1v) is 11.7. The number of nitrogens with one attached hydrogen (secondary N) is 1. The second-order valence-corrected chi connectivity index (χ2v) is 8.83. The van der Waals surface area contributed by atoms with Crippen molar-refractivity contribution in [3.8, 4) is 0 Å². The molecule has 0 atom stereocenters. The zero-order chi connectivity index (χ0) is 20.6. The predicted molar refractivity (Wildman–Crippen MR) is 123 cm³/mol. The minimum atomic E-state index is 0.535. The van der Waals surface area contributed by atoms with Crippen molar-refractivity contribution in [3.05, 3.63) is 29.8 Å². The molecular formula is C23H38N6O. The van der Waals surface area contributed by atoms with Crippen LogP contribution in [0, 0.1) is 5.92 Å². The fourth-order valence-electron chi connectivity index (χ4n) is 4.24. The Kier molecular flexibility index (Phi) is 7.83. The maximum atomic E-state index is 6.03. The van der Waals surface area contributed by atoms with Gasteiger partial charge >= 0.3 is 0 Å². The van der Waals surface area contributed by atoms with Gasteiger partial charge in [0, 0.05) is 58.0 Å². The van der Waals surface area contributed by atoms with Gasteiger partial charge in [0.2, 0.25) is 0 Å². The number of morpholine rings is 1. The van der Waals surface area contributed by atoms with Crippen LogP contribution in [0.15, 0.2) is 29.3 Å². The summed E-state index contributed by atoms with van der Waals surface area (Å²) in [6.07, 6.45) is 3.95. The smallest absolute Gasteiger partial charge is 0.188 e. The number of hydrogen-bond acceptors (Lipinski definition) is 5. The number of nitrogens with two attached hydrogens (primary N) is 1.